The third-order valence-corrected chi connectivity index (χ3v) is 9.04. The molecule has 1 aliphatic carbocycles. The number of hydrogen-bond acceptors (Lipinski definition) is 1. The van der Waals surface area contributed by atoms with Gasteiger partial charge in [-0.05, 0) is 62.1 Å². The molecular formula is C24H25S2+. The molecule has 0 aliphatic heterocycles. The summed E-state index contributed by atoms with van der Waals surface area (Å²) in [5, 5.41) is 1.54. The predicted octanol–water partition coefficient (Wildman–Crippen LogP) is 6.83. The van der Waals surface area contributed by atoms with Crippen LogP contribution in [-0.2, 0) is 10.9 Å². The molecule has 0 N–H and O–H groups in total. The van der Waals surface area contributed by atoms with Gasteiger partial charge < -0.3 is 0 Å². The van der Waals surface area contributed by atoms with Crippen LogP contribution >= 0.6 is 11.8 Å². The number of thioether (sulfide) groups is 1. The molecule has 0 aromatic heterocycles. The van der Waals surface area contributed by atoms with Crippen molar-refractivity contribution < 1.29 is 0 Å². The van der Waals surface area contributed by atoms with E-state index in [0.717, 1.165) is 10.5 Å². The average molecular weight is 378 g/mol. The van der Waals surface area contributed by atoms with Gasteiger partial charge in [0.2, 0.25) is 0 Å². The molecule has 132 valence electrons. The lowest BCUT2D eigenvalue weighted by atomic mass is 10.00. The Hall–Kier alpha value is -1.64. The highest BCUT2D eigenvalue weighted by atomic mass is 32.2. The van der Waals surface area contributed by atoms with Gasteiger partial charge in [-0.25, -0.2) is 0 Å². The van der Waals surface area contributed by atoms with Crippen LogP contribution in [0.25, 0.3) is 0 Å². The summed E-state index contributed by atoms with van der Waals surface area (Å²) >= 11 is 2.07. The molecule has 0 unspecified atom stereocenters. The molecule has 3 aromatic rings. The largest absolute Gasteiger partial charge is 0.160 e. The molecule has 2 heteroatoms. The van der Waals surface area contributed by atoms with Crippen molar-refractivity contribution in [3.63, 3.8) is 0 Å². The van der Waals surface area contributed by atoms with Gasteiger partial charge in [-0.3, -0.25) is 0 Å². The summed E-state index contributed by atoms with van der Waals surface area (Å²) < 4.78 is 0. The first kappa shape index (κ1) is 17.8. The molecule has 1 fully saturated rings. The van der Waals surface area contributed by atoms with Crippen molar-refractivity contribution >= 4 is 22.7 Å². The van der Waals surface area contributed by atoms with E-state index in [0.29, 0.717) is 0 Å². The number of rotatable bonds is 5. The molecule has 0 bridgehead atoms. The quantitative estimate of drug-likeness (QED) is 0.439. The Balaban J connectivity index is 1.48. The Labute approximate surface area is 164 Å². The van der Waals surface area contributed by atoms with Crippen LogP contribution in [0.3, 0.4) is 0 Å². The van der Waals surface area contributed by atoms with Crippen molar-refractivity contribution in [2.75, 3.05) is 0 Å². The van der Waals surface area contributed by atoms with Gasteiger partial charge in [0, 0.05) is 10.1 Å². The molecule has 0 saturated heterocycles. The molecule has 0 amide bonds. The third-order valence-electron chi connectivity index (χ3n) is 4.99. The van der Waals surface area contributed by atoms with Crippen molar-refractivity contribution in [1.82, 2.24) is 0 Å². The fraction of sp³-hybridized carbons (Fsp3) is 0.250. The summed E-state index contributed by atoms with van der Waals surface area (Å²) in [5.41, 5.74) is 0. The zero-order valence-electron chi connectivity index (χ0n) is 15.0. The van der Waals surface area contributed by atoms with E-state index in [1.54, 1.807) is 0 Å². The molecule has 0 atom stereocenters. The number of benzene rings is 3. The minimum Gasteiger partial charge on any atom is -0.123 e. The van der Waals surface area contributed by atoms with Gasteiger partial charge in [-0.15, -0.1) is 11.8 Å². The minimum absolute atomic E-state index is 0.192. The summed E-state index contributed by atoms with van der Waals surface area (Å²) in [7, 11) is 0.192. The highest BCUT2D eigenvalue weighted by Crippen LogP contribution is 2.40. The van der Waals surface area contributed by atoms with Crippen LogP contribution in [0.4, 0.5) is 0 Å². The summed E-state index contributed by atoms with van der Waals surface area (Å²) in [5.74, 6) is 0. The standard InChI is InChI=1S/C24H25S2/c1-4-10-20(11-5-1)25-21-16-18-24(19-17-21)26(22-12-6-2-7-13-22)23-14-8-3-9-15-23/h1-15,21,24H,16-19H2/q+1. The van der Waals surface area contributed by atoms with Gasteiger partial charge in [0.15, 0.2) is 9.79 Å². The van der Waals surface area contributed by atoms with E-state index in [1.165, 1.54) is 40.4 Å². The predicted molar refractivity (Wildman–Crippen MR) is 115 cm³/mol. The highest BCUT2D eigenvalue weighted by Gasteiger charge is 2.38. The van der Waals surface area contributed by atoms with Crippen LogP contribution in [0.5, 0.6) is 0 Å². The van der Waals surface area contributed by atoms with E-state index in [4.69, 9.17) is 0 Å². The fourth-order valence-corrected chi connectivity index (χ4v) is 7.63. The average Bonchev–Trinajstić information content (AvgIpc) is 2.72. The van der Waals surface area contributed by atoms with Crippen LogP contribution < -0.4 is 0 Å². The van der Waals surface area contributed by atoms with Gasteiger partial charge in [-0.2, -0.15) is 0 Å². The summed E-state index contributed by atoms with van der Waals surface area (Å²) in [4.78, 5) is 4.41. The Morgan fingerprint density at radius 1 is 0.577 bits per heavy atom. The molecule has 0 heterocycles. The first-order valence-corrected chi connectivity index (χ1v) is 11.6. The molecule has 0 spiro atoms. The van der Waals surface area contributed by atoms with Crippen molar-refractivity contribution in [1.29, 1.82) is 0 Å². The molecule has 26 heavy (non-hydrogen) atoms. The summed E-state index contributed by atoms with van der Waals surface area (Å²) in [6.45, 7) is 0. The maximum Gasteiger partial charge on any atom is 0.160 e. The van der Waals surface area contributed by atoms with Crippen molar-refractivity contribution in [3.8, 4) is 0 Å². The Kier molecular flexibility index (Phi) is 6.03. The van der Waals surface area contributed by atoms with Gasteiger partial charge in [0.1, 0.15) is 5.25 Å². The first-order chi connectivity index (χ1) is 12.9. The maximum atomic E-state index is 2.32. The molecule has 0 radical (unpaired) electrons. The lowest BCUT2D eigenvalue weighted by Gasteiger charge is -2.28. The fourth-order valence-electron chi connectivity index (χ4n) is 3.73. The van der Waals surface area contributed by atoms with Crippen LogP contribution in [-0.4, -0.2) is 10.5 Å². The van der Waals surface area contributed by atoms with Gasteiger partial charge >= 0.3 is 0 Å². The maximum absolute atomic E-state index is 2.32. The Bertz CT molecular complexity index is 739. The van der Waals surface area contributed by atoms with Crippen molar-refractivity contribution in [3.05, 3.63) is 91.0 Å². The highest BCUT2D eigenvalue weighted by molar-refractivity contribution is 8.00. The Morgan fingerprint density at radius 2 is 1.04 bits per heavy atom. The molecular weight excluding hydrogens is 352 g/mol. The molecule has 1 saturated carbocycles. The minimum atomic E-state index is 0.192. The molecule has 0 nitrogen and oxygen atoms in total. The van der Waals surface area contributed by atoms with Crippen LogP contribution in [0.2, 0.25) is 0 Å². The van der Waals surface area contributed by atoms with Gasteiger partial charge in [0.25, 0.3) is 0 Å². The van der Waals surface area contributed by atoms with Crippen LogP contribution in [0, 0.1) is 0 Å². The SMILES string of the molecule is c1ccc(SC2CCC([S+](c3ccccc3)c3ccccc3)CC2)cc1. The Morgan fingerprint density at radius 3 is 1.54 bits per heavy atom. The lowest BCUT2D eigenvalue weighted by Crippen LogP contribution is -2.28. The second kappa shape index (κ2) is 8.83. The van der Waals surface area contributed by atoms with Gasteiger partial charge in [-0.1, -0.05) is 54.6 Å². The second-order valence-corrected chi connectivity index (χ2v) is 10.5. The van der Waals surface area contributed by atoms with Crippen LogP contribution in [0.15, 0.2) is 106 Å². The van der Waals surface area contributed by atoms with E-state index < -0.39 is 0 Å². The third kappa shape index (κ3) is 4.36. The lowest BCUT2D eigenvalue weighted by molar-refractivity contribution is 0.524. The van der Waals surface area contributed by atoms with Crippen molar-refractivity contribution in [2.45, 2.75) is 50.9 Å². The first-order valence-electron chi connectivity index (χ1n) is 9.45. The topological polar surface area (TPSA) is 0 Å². The second-order valence-electron chi connectivity index (χ2n) is 6.79. The molecule has 4 rings (SSSR count). The summed E-state index contributed by atoms with van der Waals surface area (Å²) in [6, 6.07) is 33.2. The van der Waals surface area contributed by atoms with E-state index in [-0.39, 0.29) is 10.9 Å². The normalized spacial score (nSPS) is 20.2. The number of hydrogen-bond donors (Lipinski definition) is 0. The zero-order valence-corrected chi connectivity index (χ0v) is 16.6. The van der Waals surface area contributed by atoms with Crippen LogP contribution in [0.1, 0.15) is 25.7 Å². The van der Waals surface area contributed by atoms with Gasteiger partial charge in [0.05, 0.1) is 10.9 Å². The van der Waals surface area contributed by atoms with E-state index in [2.05, 4.69) is 103 Å². The zero-order chi connectivity index (χ0) is 17.6. The van der Waals surface area contributed by atoms with E-state index in [1.807, 2.05) is 0 Å². The van der Waals surface area contributed by atoms with E-state index >= 15 is 0 Å². The van der Waals surface area contributed by atoms with E-state index in [9.17, 15) is 0 Å². The molecule has 3 aromatic carbocycles. The summed E-state index contributed by atoms with van der Waals surface area (Å²) in [6.07, 6.45) is 5.32. The monoisotopic (exact) mass is 377 g/mol. The van der Waals surface area contributed by atoms with Crippen molar-refractivity contribution in [2.24, 2.45) is 0 Å². The smallest absolute Gasteiger partial charge is 0.123 e. The molecule has 1 aliphatic rings.